The molecule has 4 rings (SSSR count). The second-order valence-electron chi connectivity index (χ2n) is 9.16. The number of aliphatic hydroxyl groups is 2. The van der Waals surface area contributed by atoms with Gasteiger partial charge >= 0.3 is 5.97 Å². The first-order valence-corrected chi connectivity index (χ1v) is 10.0. The van der Waals surface area contributed by atoms with Crippen LogP contribution in [0.5, 0.6) is 0 Å². The van der Waals surface area contributed by atoms with Crippen molar-refractivity contribution in [1.29, 1.82) is 0 Å². The summed E-state index contributed by atoms with van der Waals surface area (Å²) < 4.78 is 4.84. The van der Waals surface area contributed by atoms with Crippen LogP contribution in [0.3, 0.4) is 0 Å². The highest BCUT2D eigenvalue weighted by Crippen LogP contribution is 2.64. The number of ether oxygens (including phenoxy) is 1. The number of fused-ring (bicyclic) bond motifs is 6. The molecule has 2 heterocycles. The van der Waals surface area contributed by atoms with Crippen LogP contribution in [-0.4, -0.2) is 34.7 Å². The number of esters is 1. The van der Waals surface area contributed by atoms with Gasteiger partial charge in [0.1, 0.15) is 0 Å². The molecule has 0 saturated heterocycles. The molecular formula is C24H29NO4. The van der Waals surface area contributed by atoms with Gasteiger partial charge in [-0.3, -0.25) is 4.79 Å². The molecule has 0 spiro atoms. The van der Waals surface area contributed by atoms with Crippen LogP contribution in [0.1, 0.15) is 56.4 Å². The zero-order chi connectivity index (χ0) is 21.2. The quantitative estimate of drug-likeness (QED) is 0.782. The molecule has 0 saturated carbocycles. The van der Waals surface area contributed by atoms with Crippen molar-refractivity contribution in [1.82, 2.24) is 4.90 Å². The van der Waals surface area contributed by atoms with Crippen LogP contribution in [0.25, 0.3) is 0 Å². The molecule has 0 radical (unpaired) electrons. The third-order valence-electron chi connectivity index (χ3n) is 7.24. The summed E-state index contributed by atoms with van der Waals surface area (Å²) in [6.45, 7) is 8.13. The van der Waals surface area contributed by atoms with E-state index in [1.165, 1.54) is 7.11 Å². The second-order valence-corrected chi connectivity index (χ2v) is 9.16. The van der Waals surface area contributed by atoms with E-state index in [0.717, 1.165) is 22.3 Å². The van der Waals surface area contributed by atoms with Crippen molar-refractivity contribution in [2.75, 3.05) is 13.7 Å². The summed E-state index contributed by atoms with van der Waals surface area (Å²) >= 11 is 0. The minimum absolute atomic E-state index is 0.0671. The monoisotopic (exact) mass is 395 g/mol. The molecule has 2 aliphatic heterocycles. The normalized spacial score (nSPS) is 28.9. The van der Waals surface area contributed by atoms with Gasteiger partial charge in [-0.25, -0.2) is 4.90 Å². The average molecular weight is 395 g/mol. The van der Waals surface area contributed by atoms with E-state index in [0.29, 0.717) is 0 Å². The molecule has 2 N–H and O–H groups in total. The largest absolute Gasteiger partial charge is 0.469 e. The maximum absolute atomic E-state index is 12.4. The molecule has 2 aromatic rings. The van der Waals surface area contributed by atoms with Crippen LogP contribution >= 0.6 is 0 Å². The third-order valence-corrected chi connectivity index (χ3v) is 7.24. The lowest BCUT2D eigenvalue weighted by atomic mass is 9.53. The minimum atomic E-state index is -1.50. The zero-order valence-electron chi connectivity index (χ0n) is 17.7. The van der Waals surface area contributed by atoms with Crippen molar-refractivity contribution in [3.63, 3.8) is 0 Å². The van der Waals surface area contributed by atoms with Crippen LogP contribution in [0.2, 0.25) is 0 Å². The van der Waals surface area contributed by atoms with Crippen LogP contribution < -0.4 is 0 Å². The summed E-state index contributed by atoms with van der Waals surface area (Å²) in [6, 6.07) is 15.5. The molecule has 154 valence electrons. The Morgan fingerprint density at radius 1 is 0.828 bits per heavy atom. The highest BCUT2D eigenvalue weighted by molar-refractivity contribution is 5.69. The molecule has 2 aromatic carbocycles. The second kappa shape index (κ2) is 6.14. The lowest BCUT2D eigenvalue weighted by Crippen LogP contribution is -2.76. The number of rotatable bonds is 3. The molecule has 0 aromatic heterocycles. The lowest BCUT2D eigenvalue weighted by Gasteiger charge is -2.68. The molecule has 2 unspecified atom stereocenters. The Morgan fingerprint density at radius 3 is 1.59 bits per heavy atom. The van der Waals surface area contributed by atoms with Gasteiger partial charge in [0.05, 0.1) is 13.5 Å². The van der Waals surface area contributed by atoms with Crippen molar-refractivity contribution in [3.05, 3.63) is 70.8 Å². The SMILES string of the molecule is COC(=O)CCN1C2(O)c3ccccc3C(C)(C)C1(O)c1ccccc1C2(C)C. The standard InChI is InChI=1S/C24H29NO4/c1-21(2)16-10-6-8-12-18(16)24(28)22(3,4)17-11-7-9-13-19(17)23(21,27)25(24)15-14-20(26)29-5/h6-13,27-28H,14-15H2,1-5H3. The minimum Gasteiger partial charge on any atom is -0.469 e. The summed E-state index contributed by atoms with van der Waals surface area (Å²) in [7, 11) is 1.35. The maximum Gasteiger partial charge on any atom is 0.306 e. The fourth-order valence-corrected chi connectivity index (χ4v) is 5.54. The molecule has 0 fully saturated rings. The highest BCUT2D eigenvalue weighted by Gasteiger charge is 2.70. The van der Waals surface area contributed by atoms with Gasteiger partial charge in [-0.1, -0.05) is 76.2 Å². The van der Waals surface area contributed by atoms with Crippen molar-refractivity contribution >= 4 is 5.97 Å². The Balaban J connectivity index is 2.09. The summed E-state index contributed by atoms with van der Waals surface area (Å²) in [5.74, 6) is -0.377. The highest BCUT2D eigenvalue weighted by atomic mass is 16.5. The summed E-state index contributed by atoms with van der Waals surface area (Å²) in [4.78, 5) is 13.7. The third kappa shape index (κ3) is 2.24. The zero-order valence-corrected chi connectivity index (χ0v) is 17.7. The van der Waals surface area contributed by atoms with Gasteiger partial charge in [0.25, 0.3) is 0 Å². The predicted molar refractivity (Wildman–Crippen MR) is 110 cm³/mol. The van der Waals surface area contributed by atoms with Crippen LogP contribution in [0.4, 0.5) is 0 Å². The van der Waals surface area contributed by atoms with Crippen LogP contribution in [0, 0.1) is 0 Å². The molecular weight excluding hydrogens is 366 g/mol. The van der Waals surface area contributed by atoms with Gasteiger partial charge in [-0.05, 0) is 11.1 Å². The fourth-order valence-electron chi connectivity index (χ4n) is 5.54. The Bertz CT molecular complexity index is 913. The maximum atomic E-state index is 12.4. The van der Waals surface area contributed by atoms with Gasteiger partial charge in [-0.15, -0.1) is 0 Å². The van der Waals surface area contributed by atoms with Gasteiger partial charge in [-0.2, -0.15) is 0 Å². The van der Waals surface area contributed by atoms with Crippen LogP contribution in [0.15, 0.2) is 48.5 Å². The molecule has 5 nitrogen and oxygen atoms in total. The van der Waals surface area contributed by atoms with Crippen molar-refractivity contribution < 1.29 is 19.7 Å². The topological polar surface area (TPSA) is 70.0 Å². The van der Waals surface area contributed by atoms with Gasteiger partial charge in [0.15, 0.2) is 11.4 Å². The number of methoxy groups -OCH3 is 1. The summed E-state index contributed by atoms with van der Waals surface area (Å²) in [5.41, 5.74) is -1.15. The first kappa shape index (κ1) is 20.1. The first-order valence-electron chi connectivity index (χ1n) is 10.0. The van der Waals surface area contributed by atoms with Crippen molar-refractivity contribution in [2.45, 2.75) is 56.4 Å². The van der Waals surface area contributed by atoms with Gasteiger partial charge in [0.2, 0.25) is 0 Å². The number of carbonyl (C=O) groups excluding carboxylic acids is 1. The number of carbonyl (C=O) groups is 1. The van der Waals surface area contributed by atoms with E-state index in [1.807, 2.05) is 76.2 Å². The van der Waals surface area contributed by atoms with E-state index in [2.05, 4.69) is 0 Å². The summed E-state index contributed by atoms with van der Waals surface area (Å²) in [5, 5.41) is 24.8. The van der Waals surface area contributed by atoms with Gasteiger partial charge < -0.3 is 14.9 Å². The molecule has 29 heavy (non-hydrogen) atoms. The van der Waals surface area contributed by atoms with Crippen LogP contribution in [-0.2, 0) is 31.8 Å². The van der Waals surface area contributed by atoms with E-state index in [4.69, 9.17) is 4.74 Å². The first-order chi connectivity index (χ1) is 13.5. The Labute approximate surface area is 171 Å². The fraction of sp³-hybridized carbons (Fsp3) is 0.458. The molecule has 0 aliphatic carbocycles. The van der Waals surface area contributed by atoms with E-state index < -0.39 is 22.3 Å². The lowest BCUT2D eigenvalue weighted by molar-refractivity contribution is -0.314. The molecule has 2 bridgehead atoms. The Morgan fingerprint density at radius 2 is 1.21 bits per heavy atom. The summed E-state index contributed by atoms with van der Waals surface area (Å²) in [6.07, 6.45) is 0.0671. The molecule has 2 atom stereocenters. The van der Waals surface area contributed by atoms with Crippen molar-refractivity contribution in [2.24, 2.45) is 0 Å². The van der Waals surface area contributed by atoms with E-state index in [-0.39, 0.29) is 18.9 Å². The number of benzene rings is 2. The van der Waals surface area contributed by atoms with Gasteiger partial charge in [0, 0.05) is 28.5 Å². The Kier molecular flexibility index (Phi) is 4.25. The number of nitrogens with zero attached hydrogens (tertiary/aromatic N) is 1. The molecule has 0 amide bonds. The molecule has 5 heteroatoms. The van der Waals surface area contributed by atoms with E-state index in [1.54, 1.807) is 4.90 Å². The number of hydrogen-bond acceptors (Lipinski definition) is 5. The predicted octanol–water partition coefficient (Wildman–Crippen LogP) is 3.12. The van der Waals surface area contributed by atoms with E-state index >= 15 is 0 Å². The molecule has 2 aliphatic rings. The smallest absolute Gasteiger partial charge is 0.306 e. The average Bonchev–Trinajstić information content (AvgIpc) is 2.71. The van der Waals surface area contributed by atoms with E-state index in [9.17, 15) is 15.0 Å². The number of hydrogen-bond donors (Lipinski definition) is 2. The van der Waals surface area contributed by atoms with Crippen molar-refractivity contribution in [3.8, 4) is 0 Å². The Hall–Kier alpha value is -2.21.